The van der Waals surface area contributed by atoms with E-state index in [0.29, 0.717) is 12.5 Å². The first-order valence-corrected chi connectivity index (χ1v) is 6.90. The summed E-state index contributed by atoms with van der Waals surface area (Å²) in [5.74, 6) is 1.97. The summed E-state index contributed by atoms with van der Waals surface area (Å²) in [5, 5.41) is 0. The van der Waals surface area contributed by atoms with Crippen LogP contribution in [-0.2, 0) is 4.74 Å². The van der Waals surface area contributed by atoms with Crippen molar-refractivity contribution in [2.24, 2.45) is 17.8 Å². The molecule has 1 rings (SSSR count). The van der Waals surface area contributed by atoms with Crippen molar-refractivity contribution in [3.8, 4) is 0 Å². The zero-order valence-electron chi connectivity index (χ0n) is 11.7. The second-order valence-electron chi connectivity index (χ2n) is 6.03. The average molecular weight is 241 g/mol. The van der Waals surface area contributed by atoms with Gasteiger partial charge in [-0.3, -0.25) is 0 Å². The number of carbonyl (C=O) groups excluding carboxylic acids is 1. The van der Waals surface area contributed by atoms with E-state index in [1.807, 2.05) is 4.90 Å². The number of rotatable bonds is 4. The van der Waals surface area contributed by atoms with Gasteiger partial charge < -0.3 is 9.64 Å². The summed E-state index contributed by atoms with van der Waals surface area (Å²) in [6, 6.07) is 0. The van der Waals surface area contributed by atoms with E-state index in [2.05, 4.69) is 27.7 Å². The highest BCUT2D eigenvalue weighted by atomic mass is 16.6. The van der Waals surface area contributed by atoms with Gasteiger partial charge in [-0.2, -0.15) is 0 Å². The monoisotopic (exact) mass is 241 g/mol. The number of carbonyl (C=O) groups is 1. The summed E-state index contributed by atoms with van der Waals surface area (Å²) < 4.78 is 5.25. The molecule has 1 aliphatic rings. The molecule has 3 nitrogen and oxygen atoms in total. The first-order chi connectivity index (χ1) is 7.99. The van der Waals surface area contributed by atoms with Gasteiger partial charge >= 0.3 is 6.09 Å². The molecule has 1 saturated heterocycles. The molecule has 17 heavy (non-hydrogen) atoms. The van der Waals surface area contributed by atoms with Gasteiger partial charge in [-0.05, 0) is 37.0 Å². The number of piperidine rings is 1. The minimum Gasteiger partial charge on any atom is -0.449 e. The van der Waals surface area contributed by atoms with Crippen molar-refractivity contribution in [2.45, 2.75) is 47.0 Å². The first-order valence-electron chi connectivity index (χ1n) is 6.90. The Kier molecular flexibility index (Phi) is 5.79. The van der Waals surface area contributed by atoms with Crippen LogP contribution in [0, 0.1) is 17.8 Å². The predicted octanol–water partition coefficient (Wildman–Crippen LogP) is 3.54. The van der Waals surface area contributed by atoms with Crippen LogP contribution in [-0.4, -0.2) is 30.7 Å². The van der Waals surface area contributed by atoms with E-state index in [1.54, 1.807) is 0 Å². The molecule has 0 saturated carbocycles. The maximum Gasteiger partial charge on any atom is 0.409 e. The van der Waals surface area contributed by atoms with Crippen LogP contribution in [0.15, 0.2) is 0 Å². The third-order valence-electron chi connectivity index (χ3n) is 3.22. The van der Waals surface area contributed by atoms with E-state index in [4.69, 9.17) is 4.74 Å². The number of ether oxygens (including phenoxy) is 1. The Morgan fingerprint density at radius 2 is 1.76 bits per heavy atom. The van der Waals surface area contributed by atoms with Gasteiger partial charge in [-0.15, -0.1) is 0 Å². The first kappa shape index (κ1) is 14.3. The van der Waals surface area contributed by atoms with Crippen molar-refractivity contribution >= 4 is 6.09 Å². The highest BCUT2D eigenvalue weighted by Gasteiger charge is 2.24. The van der Waals surface area contributed by atoms with E-state index >= 15 is 0 Å². The number of likely N-dealkylation sites (tertiary alicyclic amines) is 1. The minimum atomic E-state index is -0.123. The lowest BCUT2D eigenvalue weighted by atomic mass is 9.89. The number of hydrogen-bond acceptors (Lipinski definition) is 2. The fourth-order valence-corrected chi connectivity index (χ4v) is 2.35. The minimum absolute atomic E-state index is 0.123. The lowest BCUT2D eigenvalue weighted by molar-refractivity contribution is 0.0772. The molecule has 0 bridgehead atoms. The van der Waals surface area contributed by atoms with Gasteiger partial charge in [-0.1, -0.05) is 27.7 Å². The summed E-state index contributed by atoms with van der Waals surface area (Å²) in [6.07, 6.45) is 3.43. The van der Waals surface area contributed by atoms with Gasteiger partial charge in [-0.25, -0.2) is 4.79 Å². The van der Waals surface area contributed by atoms with E-state index < -0.39 is 0 Å². The molecule has 0 aromatic carbocycles. The van der Waals surface area contributed by atoms with Gasteiger partial charge in [0.2, 0.25) is 0 Å². The Morgan fingerprint density at radius 1 is 1.18 bits per heavy atom. The second-order valence-corrected chi connectivity index (χ2v) is 6.03. The highest BCUT2D eigenvalue weighted by molar-refractivity contribution is 5.67. The largest absolute Gasteiger partial charge is 0.449 e. The van der Waals surface area contributed by atoms with Crippen LogP contribution in [0.5, 0.6) is 0 Å². The van der Waals surface area contributed by atoms with Crippen molar-refractivity contribution < 1.29 is 9.53 Å². The van der Waals surface area contributed by atoms with Crippen molar-refractivity contribution in [1.29, 1.82) is 0 Å². The normalized spacial score (nSPS) is 17.9. The van der Waals surface area contributed by atoms with Crippen molar-refractivity contribution in [3.05, 3.63) is 0 Å². The summed E-state index contributed by atoms with van der Waals surface area (Å²) in [4.78, 5) is 13.6. The molecule has 3 heteroatoms. The molecule has 0 aliphatic carbocycles. The van der Waals surface area contributed by atoms with Gasteiger partial charge in [0, 0.05) is 13.1 Å². The maximum atomic E-state index is 11.7. The summed E-state index contributed by atoms with van der Waals surface area (Å²) in [6.45, 7) is 10.9. The Bertz CT molecular complexity index is 230. The van der Waals surface area contributed by atoms with Gasteiger partial charge in [0.1, 0.15) is 0 Å². The van der Waals surface area contributed by atoms with Crippen molar-refractivity contribution in [3.63, 3.8) is 0 Å². The fourth-order valence-electron chi connectivity index (χ4n) is 2.35. The van der Waals surface area contributed by atoms with Crippen LogP contribution in [0.3, 0.4) is 0 Å². The van der Waals surface area contributed by atoms with Gasteiger partial charge in [0.05, 0.1) is 6.61 Å². The quantitative estimate of drug-likeness (QED) is 0.753. The Morgan fingerprint density at radius 3 is 2.24 bits per heavy atom. The Labute approximate surface area is 106 Å². The SMILES string of the molecule is CC(C)COC(=O)N1CCC(CC(C)C)CC1. The van der Waals surface area contributed by atoms with E-state index in [9.17, 15) is 4.79 Å². The molecular weight excluding hydrogens is 214 g/mol. The fraction of sp³-hybridized carbons (Fsp3) is 0.929. The highest BCUT2D eigenvalue weighted by Crippen LogP contribution is 2.24. The maximum absolute atomic E-state index is 11.7. The molecule has 100 valence electrons. The second kappa shape index (κ2) is 6.87. The molecule has 0 radical (unpaired) electrons. The molecular formula is C14H27NO2. The molecule has 0 aromatic rings. The van der Waals surface area contributed by atoms with E-state index in [-0.39, 0.29) is 6.09 Å². The van der Waals surface area contributed by atoms with Crippen LogP contribution >= 0.6 is 0 Å². The summed E-state index contributed by atoms with van der Waals surface area (Å²) in [5.41, 5.74) is 0. The smallest absolute Gasteiger partial charge is 0.409 e. The third kappa shape index (κ3) is 5.42. The molecule has 1 amide bonds. The Balaban J connectivity index is 2.24. The predicted molar refractivity (Wildman–Crippen MR) is 69.9 cm³/mol. The van der Waals surface area contributed by atoms with Crippen LogP contribution in [0.4, 0.5) is 4.79 Å². The van der Waals surface area contributed by atoms with Crippen LogP contribution in [0.25, 0.3) is 0 Å². The number of hydrogen-bond donors (Lipinski definition) is 0. The van der Waals surface area contributed by atoms with Gasteiger partial charge in [0.15, 0.2) is 0 Å². The lowest BCUT2D eigenvalue weighted by Crippen LogP contribution is -2.39. The van der Waals surface area contributed by atoms with Crippen LogP contribution in [0.1, 0.15) is 47.0 Å². The molecule has 0 unspecified atom stereocenters. The average Bonchev–Trinajstić information content (AvgIpc) is 2.26. The van der Waals surface area contributed by atoms with Crippen molar-refractivity contribution in [2.75, 3.05) is 19.7 Å². The van der Waals surface area contributed by atoms with Crippen LogP contribution in [0.2, 0.25) is 0 Å². The molecule has 1 aliphatic heterocycles. The standard InChI is InChI=1S/C14H27NO2/c1-11(2)9-13-5-7-15(8-6-13)14(16)17-10-12(3)4/h11-13H,5-10H2,1-4H3. The molecule has 1 heterocycles. The summed E-state index contributed by atoms with van der Waals surface area (Å²) >= 11 is 0. The molecule has 0 N–H and O–H groups in total. The van der Waals surface area contributed by atoms with E-state index in [1.165, 1.54) is 6.42 Å². The third-order valence-corrected chi connectivity index (χ3v) is 3.22. The molecule has 0 spiro atoms. The topological polar surface area (TPSA) is 29.5 Å². The summed E-state index contributed by atoms with van der Waals surface area (Å²) in [7, 11) is 0. The van der Waals surface area contributed by atoms with Gasteiger partial charge in [0.25, 0.3) is 0 Å². The molecule has 1 fully saturated rings. The lowest BCUT2D eigenvalue weighted by Gasteiger charge is -2.32. The Hall–Kier alpha value is -0.730. The van der Waals surface area contributed by atoms with Crippen molar-refractivity contribution in [1.82, 2.24) is 4.90 Å². The van der Waals surface area contributed by atoms with E-state index in [0.717, 1.165) is 37.8 Å². The molecule has 0 aromatic heterocycles. The number of nitrogens with zero attached hydrogens (tertiary/aromatic N) is 1. The zero-order valence-corrected chi connectivity index (χ0v) is 11.7. The van der Waals surface area contributed by atoms with Crippen LogP contribution < -0.4 is 0 Å². The molecule has 0 atom stereocenters. The number of amides is 1. The zero-order chi connectivity index (χ0) is 12.8.